The smallest absolute Gasteiger partial charge is 0.0591 e. The van der Waals surface area contributed by atoms with Crippen molar-refractivity contribution in [1.29, 1.82) is 5.41 Å². The van der Waals surface area contributed by atoms with Gasteiger partial charge in [-0.1, -0.05) is 19.8 Å². The Morgan fingerprint density at radius 1 is 1.50 bits per heavy atom. The van der Waals surface area contributed by atoms with Gasteiger partial charge in [0.25, 0.3) is 0 Å². The SMILES string of the molecule is CC(CC=N)CCCC(C)(C)O. The molecular weight excluding hydrogens is 150 g/mol. The van der Waals surface area contributed by atoms with Crippen molar-refractivity contribution in [2.75, 3.05) is 0 Å². The zero-order valence-corrected chi connectivity index (χ0v) is 8.43. The first-order valence-electron chi connectivity index (χ1n) is 4.67. The van der Waals surface area contributed by atoms with Gasteiger partial charge in [0, 0.05) is 0 Å². The van der Waals surface area contributed by atoms with Crippen LogP contribution in [0.4, 0.5) is 0 Å². The Morgan fingerprint density at radius 3 is 2.50 bits per heavy atom. The van der Waals surface area contributed by atoms with Gasteiger partial charge in [-0.15, -0.1) is 0 Å². The largest absolute Gasteiger partial charge is 0.390 e. The third-order valence-electron chi connectivity index (χ3n) is 2.01. The van der Waals surface area contributed by atoms with Crippen molar-refractivity contribution in [1.82, 2.24) is 0 Å². The van der Waals surface area contributed by atoms with Gasteiger partial charge in [-0.05, 0) is 38.8 Å². The first-order chi connectivity index (χ1) is 5.45. The average Bonchev–Trinajstić information content (AvgIpc) is 1.84. The number of nitrogens with one attached hydrogen (secondary N) is 1. The third-order valence-corrected chi connectivity index (χ3v) is 2.01. The molecule has 72 valence electrons. The van der Waals surface area contributed by atoms with Crippen molar-refractivity contribution in [3.8, 4) is 0 Å². The molecule has 12 heavy (non-hydrogen) atoms. The molecule has 0 heterocycles. The fourth-order valence-electron chi connectivity index (χ4n) is 1.20. The highest BCUT2D eigenvalue weighted by Gasteiger charge is 2.12. The van der Waals surface area contributed by atoms with Gasteiger partial charge in [0.15, 0.2) is 0 Å². The molecule has 1 unspecified atom stereocenters. The average molecular weight is 171 g/mol. The van der Waals surface area contributed by atoms with Crippen LogP contribution < -0.4 is 0 Å². The fourth-order valence-corrected chi connectivity index (χ4v) is 1.20. The molecule has 0 spiro atoms. The van der Waals surface area contributed by atoms with Crippen molar-refractivity contribution < 1.29 is 5.11 Å². The monoisotopic (exact) mass is 171 g/mol. The summed E-state index contributed by atoms with van der Waals surface area (Å²) < 4.78 is 0. The molecule has 0 aliphatic carbocycles. The molecule has 1 atom stereocenters. The molecule has 0 fully saturated rings. The lowest BCUT2D eigenvalue weighted by molar-refractivity contribution is 0.0671. The van der Waals surface area contributed by atoms with Gasteiger partial charge >= 0.3 is 0 Å². The molecule has 0 saturated carbocycles. The Balaban J connectivity index is 3.36. The molecule has 0 bridgehead atoms. The summed E-state index contributed by atoms with van der Waals surface area (Å²) in [6.45, 7) is 5.83. The van der Waals surface area contributed by atoms with Crippen LogP contribution in [0, 0.1) is 11.3 Å². The van der Waals surface area contributed by atoms with Crippen molar-refractivity contribution in [2.45, 2.75) is 52.1 Å². The van der Waals surface area contributed by atoms with Crippen molar-refractivity contribution in [3.05, 3.63) is 0 Å². The van der Waals surface area contributed by atoms with E-state index in [1.165, 1.54) is 6.21 Å². The molecular formula is C10H21NO. The topological polar surface area (TPSA) is 44.1 Å². The molecule has 0 aliphatic rings. The minimum Gasteiger partial charge on any atom is -0.390 e. The standard InChI is InChI=1S/C10H21NO/c1-9(6-8-11)5-4-7-10(2,3)12/h8-9,11-12H,4-7H2,1-3H3. The summed E-state index contributed by atoms with van der Waals surface area (Å²) in [6.07, 6.45) is 5.35. The van der Waals surface area contributed by atoms with Gasteiger partial charge in [0.1, 0.15) is 0 Å². The fraction of sp³-hybridized carbons (Fsp3) is 0.900. The van der Waals surface area contributed by atoms with E-state index in [-0.39, 0.29) is 0 Å². The predicted molar refractivity (Wildman–Crippen MR) is 52.7 cm³/mol. The maximum absolute atomic E-state index is 9.42. The van der Waals surface area contributed by atoms with Crippen LogP contribution in [0.15, 0.2) is 0 Å². The number of aliphatic hydroxyl groups is 1. The normalized spacial score (nSPS) is 14.3. The Bertz CT molecular complexity index is 126. The van der Waals surface area contributed by atoms with E-state index in [2.05, 4.69) is 6.92 Å². The summed E-state index contributed by atoms with van der Waals surface area (Å²) in [4.78, 5) is 0. The van der Waals surface area contributed by atoms with Gasteiger partial charge in [-0.25, -0.2) is 0 Å². The van der Waals surface area contributed by atoms with E-state index >= 15 is 0 Å². The van der Waals surface area contributed by atoms with E-state index in [0.717, 1.165) is 25.7 Å². The van der Waals surface area contributed by atoms with Crippen LogP contribution in [0.2, 0.25) is 0 Å². The summed E-state index contributed by atoms with van der Waals surface area (Å²) >= 11 is 0. The van der Waals surface area contributed by atoms with E-state index in [1.807, 2.05) is 13.8 Å². The summed E-state index contributed by atoms with van der Waals surface area (Å²) in [5.74, 6) is 0.588. The summed E-state index contributed by atoms with van der Waals surface area (Å²) in [6, 6.07) is 0. The minimum atomic E-state index is -0.523. The number of rotatable bonds is 6. The van der Waals surface area contributed by atoms with Crippen LogP contribution in [0.5, 0.6) is 0 Å². The van der Waals surface area contributed by atoms with Gasteiger partial charge < -0.3 is 10.5 Å². The van der Waals surface area contributed by atoms with Crippen LogP contribution in [0.1, 0.15) is 46.5 Å². The molecule has 0 aromatic heterocycles. The predicted octanol–water partition coefficient (Wildman–Crippen LogP) is 2.60. The first kappa shape index (κ1) is 11.6. The van der Waals surface area contributed by atoms with E-state index in [4.69, 9.17) is 5.41 Å². The van der Waals surface area contributed by atoms with E-state index in [0.29, 0.717) is 5.92 Å². The van der Waals surface area contributed by atoms with Gasteiger partial charge in [-0.2, -0.15) is 0 Å². The van der Waals surface area contributed by atoms with Gasteiger partial charge in [0.2, 0.25) is 0 Å². The Morgan fingerprint density at radius 2 is 2.08 bits per heavy atom. The van der Waals surface area contributed by atoms with E-state index < -0.39 is 5.60 Å². The van der Waals surface area contributed by atoms with Crippen molar-refractivity contribution in [3.63, 3.8) is 0 Å². The lowest BCUT2D eigenvalue weighted by atomic mass is 9.95. The molecule has 2 nitrogen and oxygen atoms in total. The first-order valence-corrected chi connectivity index (χ1v) is 4.67. The molecule has 0 aromatic carbocycles. The van der Waals surface area contributed by atoms with Gasteiger partial charge in [0.05, 0.1) is 5.60 Å². The summed E-state index contributed by atoms with van der Waals surface area (Å²) in [7, 11) is 0. The lowest BCUT2D eigenvalue weighted by Crippen LogP contribution is -2.18. The van der Waals surface area contributed by atoms with Crippen LogP contribution in [-0.4, -0.2) is 16.9 Å². The second-order valence-corrected chi connectivity index (χ2v) is 4.25. The Hall–Kier alpha value is -0.370. The van der Waals surface area contributed by atoms with Crippen molar-refractivity contribution in [2.24, 2.45) is 5.92 Å². The molecule has 2 heteroatoms. The molecule has 0 saturated heterocycles. The quantitative estimate of drug-likeness (QED) is 0.593. The van der Waals surface area contributed by atoms with Crippen molar-refractivity contribution >= 4 is 6.21 Å². The summed E-state index contributed by atoms with van der Waals surface area (Å²) in [5, 5.41) is 16.3. The molecule has 0 amide bonds. The van der Waals surface area contributed by atoms with Crippen LogP contribution >= 0.6 is 0 Å². The Labute approximate surface area is 75.5 Å². The number of hydrogen-bond donors (Lipinski definition) is 2. The molecule has 2 N–H and O–H groups in total. The highest BCUT2D eigenvalue weighted by molar-refractivity contribution is 5.53. The van der Waals surface area contributed by atoms with E-state index in [9.17, 15) is 5.11 Å². The summed E-state index contributed by atoms with van der Waals surface area (Å²) in [5.41, 5.74) is -0.523. The minimum absolute atomic E-state index is 0.523. The second kappa shape index (κ2) is 5.31. The van der Waals surface area contributed by atoms with E-state index in [1.54, 1.807) is 0 Å². The number of hydrogen-bond acceptors (Lipinski definition) is 2. The molecule has 0 aliphatic heterocycles. The maximum Gasteiger partial charge on any atom is 0.0591 e. The van der Waals surface area contributed by atoms with Crippen LogP contribution in [0.3, 0.4) is 0 Å². The maximum atomic E-state index is 9.42. The molecule has 0 aromatic rings. The zero-order chi connectivity index (χ0) is 9.61. The molecule has 0 rings (SSSR count). The lowest BCUT2D eigenvalue weighted by Gasteiger charge is -2.17. The molecule has 0 radical (unpaired) electrons. The van der Waals surface area contributed by atoms with Crippen LogP contribution in [-0.2, 0) is 0 Å². The third kappa shape index (κ3) is 7.73. The highest BCUT2D eigenvalue weighted by Crippen LogP contribution is 2.16. The highest BCUT2D eigenvalue weighted by atomic mass is 16.3. The Kier molecular flexibility index (Phi) is 5.14. The van der Waals surface area contributed by atoms with Gasteiger partial charge in [-0.3, -0.25) is 0 Å². The zero-order valence-electron chi connectivity index (χ0n) is 8.43. The van der Waals surface area contributed by atoms with Crippen LogP contribution in [0.25, 0.3) is 0 Å². The second-order valence-electron chi connectivity index (χ2n) is 4.25.